The number of aromatic hydroxyl groups is 1. The van der Waals surface area contributed by atoms with Crippen molar-refractivity contribution < 1.29 is 28.6 Å². The summed E-state index contributed by atoms with van der Waals surface area (Å²) in [6, 6.07) is 12.2. The number of nitrogens with zero attached hydrogens (tertiary/aromatic N) is 1. The van der Waals surface area contributed by atoms with Crippen molar-refractivity contribution in [2.75, 3.05) is 19.6 Å². The van der Waals surface area contributed by atoms with E-state index in [1.807, 2.05) is 12.1 Å². The highest BCUT2D eigenvalue weighted by Crippen LogP contribution is 2.14. The van der Waals surface area contributed by atoms with E-state index < -0.39 is 17.7 Å². The van der Waals surface area contributed by atoms with E-state index in [0.29, 0.717) is 32.5 Å². The summed E-state index contributed by atoms with van der Waals surface area (Å²) in [6.07, 6.45) is 4.35. The first kappa shape index (κ1) is 33.4. The first-order valence-electron chi connectivity index (χ1n) is 13.5. The lowest BCUT2D eigenvalue weighted by Crippen LogP contribution is -2.50. The Hall–Kier alpha value is -3.62. The van der Waals surface area contributed by atoms with Crippen LogP contribution < -0.4 is 10.6 Å². The number of hydrogen-bond acceptors (Lipinski definition) is 5. The van der Waals surface area contributed by atoms with E-state index in [0.717, 1.165) is 30.4 Å². The number of ether oxygens (including phenoxy) is 1. The smallest absolute Gasteiger partial charge is 0.408 e. The van der Waals surface area contributed by atoms with Gasteiger partial charge in [0.25, 0.3) is 0 Å². The fraction of sp³-hybridized carbons (Fsp3) is 0.500. The van der Waals surface area contributed by atoms with Crippen molar-refractivity contribution in [2.24, 2.45) is 0 Å². The summed E-state index contributed by atoms with van der Waals surface area (Å²) in [5, 5.41) is 14.2. The van der Waals surface area contributed by atoms with Gasteiger partial charge in [0.05, 0.1) is 0 Å². The maximum absolute atomic E-state index is 13.1. The van der Waals surface area contributed by atoms with Crippen LogP contribution >= 0.6 is 0 Å². The number of carbonyl (C=O) groups excluding carboxylic acids is 3. The quantitative estimate of drug-likeness (QED) is 0.320. The molecule has 2 aromatic rings. The minimum atomic E-state index is -0.719. The molecular weight excluding hydrogens is 501 g/mol. The summed E-state index contributed by atoms with van der Waals surface area (Å²) in [6.45, 7) is 11.6. The minimum Gasteiger partial charge on any atom is -0.508 e. The maximum Gasteiger partial charge on any atom is 0.408 e. The molecule has 3 rings (SSSR count). The van der Waals surface area contributed by atoms with E-state index >= 15 is 0 Å². The zero-order chi connectivity index (χ0) is 29.3. The first-order chi connectivity index (χ1) is 18.5. The number of phenolic OH excluding ortho intramolecular Hbond substituents is 1. The molecule has 3 N–H and O–H groups in total. The highest BCUT2D eigenvalue weighted by molar-refractivity contribution is 5.86. The number of rotatable bonds is 8. The molecule has 0 bridgehead atoms. The van der Waals surface area contributed by atoms with Crippen LogP contribution in [0.2, 0.25) is 0 Å². The Labute approximate surface area is 231 Å². The molecule has 1 aliphatic heterocycles. The summed E-state index contributed by atoms with van der Waals surface area (Å²) in [7, 11) is 0. The normalized spacial score (nSPS) is 13.1. The van der Waals surface area contributed by atoms with Crippen LogP contribution in [-0.4, -0.2) is 59.7 Å². The topological polar surface area (TPSA) is 108 Å². The van der Waals surface area contributed by atoms with E-state index in [4.69, 9.17) is 9.84 Å². The molecule has 0 spiro atoms. The molecule has 1 fully saturated rings. The van der Waals surface area contributed by atoms with Crippen molar-refractivity contribution >= 4 is 18.4 Å². The van der Waals surface area contributed by atoms with Gasteiger partial charge in [-0.05, 0) is 75.4 Å². The van der Waals surface area contributed by atoms with Crippen LogP contribution in [0.4, 0.5) is 9.18 Å². The van der Waals surface area contributed by atoms with Crippen LogP contribution in [0.1, 0.15) is 65.0 Å². The van der Waals surface area contributed by atoms with Gasteiger partial charge in [0, 0.05) is 26.1 Å². The van der Waals surface area contributed by atoms with E-state index in [2.05, 4.69) is 24.5 Å². The molecule has 0 aliphatic carbocycles. The molecule has 9 heteroatoms. The van der Waals surface area contributed by atoms with Crippen LogP contribution in [-0.2, 0) is 27.2 Å². The lowest BCUT2D eigenvalue weighted by Gasteiger charge is -2.26. The molecule has 2 aromatic carbocycles. The zero-order valence-corrected chi connectivity index (χ0v) is 23.8. The average molecular weight is 546 g/mol. The fourth-order valence-electron chi connectivity index (χ4n) is 3.60. The van der Waals surface area contributed by atoms with E-state index in [9.17, 15) is 18.8 Å². The van der Waals surface area contributed by atoms with E-state index in [1.165, 1.54) is 18.6 Å². The molecule has 1 atom stereocenters. The van der Waals surface area contributed by atoms with Gasteiger partial charge in [-0.2, -0.15) is 0 Å². The fourth-order valence-corrected chi connectivity index (χ4v) is 3.60. The van der Waals surface area contributed by atoms with E-state index in [-0.39, 0.29) is 17.5 Å². The maximum atomic E-state index is 13.1. The van der Waals surface area contributed by atoms with Crippen molar-refractivity contribution in [3.05, 3.63) is 65.5 Å². The number of benzene rings is 2. The van der Waals surface area contributed by atoms with Gasteiger partial charge in [0.15, 0.2) is 0 Å². The van der Waals surface area contributed by atoms with Crippen molar-refractivity contribution in [3.8, 4) is 5.75 Å². The van der Waals surface area contributed by atoms with Crippen LogP contribution in [0.15, 0.2) is 48.5 Å². The molecule has 1 aliphatic rings. The number of amides is 3. The summed E-state index contributed by atoms with van der Waals surface area (Å²) < 4.78 is 18.3. The van der Waals surface area contributed by atoms with Gasteiger partial charge < -0.3 is 25.4 Å². The molecule has 39 heavy (non-hydrogen) atoms. The monoisotopic (exact) mass is 545 g/mol. The molecule has 1 saturated heterocycles. The lowest BCUT2D eigenvalue weighted by atomic mass is 10.0. The van der Waals surface area contributed by atoms with Crippen LogP contribution in [0.25, 0.3) is 0 Å². The van der Waals surface area contributed by atoms with Gasteiger partial charge in [-0.3, -0.25) is 9.59 Å². The number of likely N-dealkylation sites (tertiary alicyclic amines) is 1. The second-order valence-corrected chi connectivity index (χ2v) is 10.3. The molecule has 8 nitrogen and oxygen atoms in total. The molecular formula is C30H44FN3O5. The van der Waals surface area contributed by atoms with Gasteiger partial charge in [0.2, 0.25) is 12.3 Å². The molecule has 1 unspecified atom stereocenters. The van der Waals surface area contributed by atoms with Crippen LogP contribution in [0, 0.1) is 5.82 Å². The van der Waals surface area contributed by atoms with Gasteiger partial charge in [-0.1, -0.05) is 44.5 Å². The first-order valence-corrected chi connectivity index (χ1v) is 13.5. The summed E-state index contributed by atoms with van der Waals surface area (Å²) >= 11 is 0. The number of hydrogen-bond donors (Lipinski definition) is 3. The Morgan fingerprint density at radius 3 is 2.08 bits per heavy atom. The molecule has 1 heterocycles. The summed E-state index contributed by atoms with van der Waals surface area (Å²) in [5.74, 6) is -0.189. The minimum absolute atomic E-state index is 0.123. The Kier molecular flexibility index (Phi) is 15.3. The number of phenols is 1. The molecule has 0 aromatic heterocycles. The number of halogens is 1. The zero-order valence-electron chi connectivity index (χ0n) is 23.8. The Bertz CT molecular complexity index is 985. The molecule has 0 saturated carbocycles. The molecule has 3 amide bonds. The SMILES string of the molecule is CC(C)(C)OC(=O)NC(Cc1ccc(F)cc1)C(=O)N1CCCC1.CCC.O=CNCCc1ccc(O)cc1. The molecule has 216 valence electrons. The van der Waals surface area contributed by atoms with Crippen LogP contribution in [0.5, 0.6) is 5.75 Å². The Morgan fingerprint density at radius 1 is 1.03 bits per heavy atom. The third-order valence-electron chi connectivity index (χ3n) is 5.34. The van der Waals surface area contributed by atoms with E-state index in [1.54, 1.807) is 49.9 Å². The van der Waals surface area contributed by atoms with Gasteiger partial charge >= 0.3 is 6.09 Å². The second-order valence-electron chi connectivity index (χ2n) is 10.3. The standard InChI is InChI=1S/C18H25FN2O3.C9H11NO2.C3H8/c1-18(2,3)24-17(23)20-15(16(22)21-10-4-5-11-21)12-13-6-8-14(19)9-7-13;11-7-10-6-5-8-1-3-9(12)4-2-8;1-3-2/h6-9,15H,4-5,10-12H2,1-3H3,(H,20,23);1-4,7,12H,5-6H2,(H,10,11);3H2,1-2H3. The highest BCUT2D eigenvalue weighted by atomic mass is 19.1. The summed E-state index contributed by atoms with van der Waals surface area (Å²) in [5.41, 5.74) is 1.24. The predicted molar refractivity (Wildman–Crippen MR) is 151 cm³/mol. The van der Waals surface area contributed by atoms with Gasteiger partial charge in [0.1, 0.15) is 23.2 Å². The van der Waals surface area contributed by atoms with Crippen molar-refractivity contribution in [2.45, 2.75) is 78.4 Å². The lowest BCUT2D eigenvalue weighted by molar-refractivity contribution is -0.132. The highest BCUT2D eigenvalue weighted by Gasteiger charge is 2.29. The van der Waals surface area contributed by atoms with Gasteiger partial charge in [-0.25, -0.2) is 9.18 Å². The number of nitrogens with one attached hydrogen (secondary N) is 2. The number of carbonyl (C=O) groups is 3. The average Bonchev–Trinajstić information content (AvgIpc) is 3.41. The third-order valence-corrected chi connectivity index (χ3v) is 5.34. The van der Waals surface area contributed by atoms with Crippen molar-refractivity contribution in [1.29, 1.82) is 0 Å². The molecule has 0 radical (unpaired) electrons. The van der Waals surface area contributed by atoms with Crippen molar-refractivity contribution in [3.63, 3.8) is 0 Å². The Morgan fingerprint density at radius 2 is 1.56 bits per heavy atom. The summed E-state index contributed by atoms with van der Waals surface area (Å²) in [4.78, 5) is 36.4. The Balaban J connectivity index is 0.000000422. The number of alkyl carbamates (subject to hydrolysis) is 1. The largest absolute Gasteiger partial charge is 0.508 e. The third kappa shape index (κ3) is 14.8. The van der Waals surface area contributed by atoms with Crippen LogP contribution in [0.3, 0.4) is 0 Å². The van der Waals surface area contributed by atoms with Gasteiger partial charge in [-0.15, -0.1) is 0 Å². The predicted octanol–water partition coefficient (Wildman–Crippen LogP) is 4.98. The second kappa shape index (κ2) is 17.8. The van der Waals surface area contributed by atoms with Crippen molar-refractivity contribution in [1.82, 2.24) is 15.5 Å².